The molecule has 0 unspecified atom stereocenters. The van der Waals surface area contributed by atoms with Crippen LogP contribution in [0.4, 0.5) is 8.78 Å². The minimum Gasteiger partial charge on any atom is -0.423 e. The molecule has 172 valence electrons. The summed E-state index contributed by atoms with van der Waals surface area (Å²) in [7, 11) is 0. The van der Waals surface area contributed by atoms with Crippen LogP contribution in [0, 0.1) is 23.5 Å². The lowest BCUT2D eigenvalue weighted by Gasteiger charge is -2.26. The summed E-state index contributed by atoms with van der Waals surface area (Å²) in [5.41, 5.74) is 1.53. The van der Waals surface area contributed by atoms with E-state index in [4.69, 9.17) is 4.74 Å². The van der Waals surface area contributed by atoms with Crippen LogP contribution in [0.15, 0.2) is 54.6 Å². The molecule has 2 aromatic rings. The van der Waals surface area contributed by atoms with Crippen LogP contribution in [0.25, 0.3) is 0 Å². The van der Waals surface area contributed by atoms with Gasteiger partial charge in [0.1, 0.15) is 5.75 Å². The number of carbonyl (C=O) groups excluding carboxylic acids is 1. The van der Waals surface area contributed by atoms with Gasteiger partial charge in [0.05, 0.1) is 5.56 Å². The summed E-state index contributed by atoms with van der Waals surface area (Å²) in [4.78, 5) is 12.2. The summed E-state index contributed by atoms with van der Waals surface area (Å²) >= 11 is 0. The van der Waals surface area contributed by atoms with Gasteiger partial charge in [0, 0.05) is 6.07 Å². The van der Waals surface area contributed by atoms with E-state index in [1.54, 1.807) is 12.1 Å². The highest BCUT2D eigenvalue weighted by Gasteiger charge is 2.18. The van der Waals surface area contributed by atoms with E-state index in [2.05, 4.69) is 19.1 Å². The predicted molar refractivity (Wildman–Crippen MR) is 125 cm³/mol. The predicted octanol–water partition coefficient (Wildman–Crippen LogP) is 8.06. The molecule has 1 aliphatic carbocycles. The number of halogens is 2. The van der Waals surface area contributed by atoms with Crippen molar-refractivity contribution < 1.29 is 18.3 Å². The number of aryl methyl sites for hydroxylation is 1. The van der Waals surface area contributed by atoms with Gasteiger partial charge in [-0.25, -0.2) is 13.6 Å². The molecule has 0 saturated heterocycles. The fraction of sp³-hybridized carbons (Fsp3) is 0.464. The van der Waals surface area contributed by atoms with Crippen LogP contribution in [0.3, 0.4) is 0 Å². The maximum atomic E-state index is 13.3. The smallest absolute Gasteiger partial charge is 0.343 e. The zero-order valence-corrected chi connectivity index (χ0v) is 19.0. The van der Waals surface area contributed by atoms with Crippen LogP contribution in [-0.4, -0.2) is 5.97 Å². The second-order valence-electron chi connectivity index (χ2n) is 8.91. The van der Waals surface area contributed by atoms with Crippen LogP contribution >= 0.6 is 0 Å². The van der Waals surface area contributed by atoms with Crippen molar-refractivity contribution in [1.82, 2.24) is 0 Å². The highest BCUT2D eigenvalue weighted by Crippen LogP contribution is 2.32. The number of hydrogen-bond donors (Lipinski definition) is 0. The van der Waals surface area contributed by atoms with Crippen LogP contribution < -0.4 is 4.74 Å². The normalized spacial score (nSPS) is 18.7. The second kappa shape index (κ2) is 12.5. The number of ether oxygens (including phenoxy) is 1. The average molecular weight is 441 g/mol. The Morgan fingerprint density at radius 3 is 2.44 bits per heavy atom. The van der Waals surface area contributed by atoms with Gasteiger partial charge in [-0.15, -0.1) is 0 Å². The topological polar surface area (TPSA) is 26.3 Å². The number of rotatable bonds is 10. The zero-order chi connectivity index (χ0) is 22.8. The Morgan fingerprint density at radius 1 is 1.00 bits per heavy atom. The largest absolute Gasteiger partial charge is 0.423 e. The first-order valence-corrected chi connectivity index (χ1v) is 12.0. The summed E-state index contributed by atoms with van der Waals surface area (Å²) in [5.74, 6) is -0.952. The van der Waals surface area contributed by atoms with Crippen molar-refractivity contribution in [3.63, 3.8) is 0 Å². The molecule has 0 amide bonds. The Kier molecular flexibility index (Phi) is 9.45. The van der Waals surface area contributed by atoms with Crippen LogP contribution in [0.2, 0.25) is 0 Å². The standard InChI is InChI=1S/C28H34F2O2/c1-2-3-4-7-21-10-12-22(13-11-21)8-5-6-9-23-14-16-24(17-15-23)28(31)32-25-18-19-26(29)27(30)20-25/h5,8,14-22H,2-4,6-7,9-13H2,1H3/t21-,22-. The number of allylic oxidation sites excluding steroid dienone is 2. The lowest BCUT2D eigenvalue weighted by molar-refractivity contribution is 0.0734. The minimum absolute atomic E-state index is 0.0156. The van der Waals surface area contributed by atoms with E-state index in [9.17, 15) is 13.6 Å². The first kappa shape index (κ1) is 24.2. The lowest BCUT2D eigenvalue weighted by Crippen LogP contribution is -2.13. The molecule has 32 heavy (non-hydrogen) atoms. The molecule has 1 fully saturated rings. The molecule has 4 heteroatoms. The Hall–Kier alpha value is -2.49. The monoisotopic (exact) mass is 440 g/mol. The maximum Gasteiger partial charge on any atom is 0.343 e. The Bertz CT molecular complexity index is 881. The minimum atomic E-state index is -1.04. The molecule has 0 bridgehead atoms. The number of benzene rings is 2. The van der Waals surface area contributed by atoms with E-state index in [1.807, 2.05) is 12.1 Å². The molecule has 1 aliphatic rings. The fourth-order valence-corrected chi connectivity index (χ4v) is 4.40. The molecular formula is C28H34F2O2. The maximum absolute atomic E-state index is 13.3. The third kappa shape index (κ3) is 7.58. The molecule has 1 saturated carbocycles. The van der Waals surface area contributed by atoms with Crippen LogP contribution in [0.5, 0.6) is 5.75 Å². The number of hydrogen-bond acceptors (Lipinski definition) is 2. The van der Waals surface area contributed by atoms with E-state index in [1.165, 1.54) is 57.4 Å². The Morgan fingerprint density at radius 2 is 1.75 bits per heavy atom. The summed E-state index contributed by atoms with van der Waals surface area (Å²) in [6.07, 6.45) is 17.5. The molecule has 0 heterocycles. The van der Waals surface area contributed by atoms with Gasteiger partial charge in [0.15, 0.2) is 11.6 Å². The highest BCUT2D eigenvalue weighted by molar-refractivity contribution is 5.91. The molecule has 0 atom stereocenters. The first-order chi connectivity index (χ1) is 15.5. The van der Waals surface area contributed by atoms with Gasteiger partial charge in [-0.3, -0.25) is 0 Å². The third-order valence-corrected chi connectivity index (χ3v) is 6.41. The average Bonchev–Trinajstić information content (AvgIpc) is 2.81. The SMILES string of the molecule is CCCCC[C@H]1CC[C@H](C=CCCc2ccc(C(=O)Oc3ccc(F)c(F)c3)cc2)CC1. The quantitative estimate of drug-likeness (QED) is 0.162. The Balaban J connectivity index is 1.38. The van der Waals surface area contributed by atoms with Gasteiger partial charge < -0.3 is 4.74 Å². The van der Waals surface area contributed by atoms with E-state index >= 15 is 0 Å². The molecule has 3 rings (SSSR count). The van der Waals surface area contributed by atoms with Crippen molar-refractivity contribution in [2.45, 2.75) is 71.1 Å². The lowest BCUT2D eigenvalue weighted by atomic mass is 9.79. The molecule has 0 spiro atoms. The zero-order valence-electron chi connectivity index (χ0n) is 19.0. The van der Waals surface area contributed by atoms with E-state index < -0.39 is 17.6 Å². The van der Waals surface area contributed by atoms with Crippen molar-refractivity contribution in [2.24, 2.45) is 11.8 Å². The van der Waals surface area contributed by atoms with Crippen molar-refractivity contribution in [1.29, 1.82) is 0 Å². The van der Waals surface area contributed by atoms with Gasteiger partial charge in [-0.05, 0) is 80.2 Å². The summed E-state index contributed by atoms with van der Waals surface area (Å²) < 4.78 is 31.4. The van der Waals surface area contributed by atoms with Crippen molar-refractivity contribution in [2.75, 3.05) is 0 Å². The number of carbonyl (C=O) groups is 1. The van der Waals surface area contributed by atoms with Gasteiger partial charge in [0.2, 0.25) is 0 Å². The molecule has 2 aromatic carbocycles. The second-order valence-corrected chi connectivity index (χ2v) is 8.91. The molecule has 0 aliphatic heterocycles. The van der Waals surface area contributed by atoms with E-state index in [-0.39, 0.29) is 5.75 Å². The molecule has 0 aromatic heterocycles. The van der Waals surface area contributed by atoms with Gasteiger partial charge in [-0.2, -0.15) is 0 Å². The Labute approximate surface area is 190 Å². The van der Waals surface area contributed by atoms with Crippen LogP contribution in [0.1, 0.15) is 80.6 Å². The van der Waals surface area contributed by atoms with Gasteiger partial charge in [0.25, 0.3) is 0 Å². The van der Waals surface area contributed by atoms with Crippen molar-refractivity contribution in [3.05, 3.63) is 77.4 Å². The van der Waals surface area contributed by atoms with E-state index in [0.717, 1.165) is 42.4 Å². The molecule has 0 N–H and O–H groups in total. The van der Waals surface area contributed by atoms with Crippen molar-refractivity contribution in [3.8, 4) is 5.75 Å². The van der Waals surface area contributed by atoms with Gasteiger partial charge in [-0.1, -0.05) is 56.9 Å². The van der Waals surface area contributed by atoms with Crippen LogP contribution in [-0.2, 0) is 6.42 Å². The summed E-state index contributed by atoms with van der Waals surface area (Å²) in [6, 6.07) is 10.3. The number of esters is 1. The molecular weight excluding hydrogens is 406 g/mol. The van der Waals surface area contributed by atoms with E-state index in [0.29, 0.717) is 5.56 Å². The molecule has 0 radical (unpaired) electrons. The highest BCUT2D eigenvalue weighted by atomic mass is 19.2. The third-order valence-electron chi connectivity index (χ3n) is 6.41. The summed E-state index contributed by atoms with van der Waals surface area (Å²) in [6.45, 7) is 2.27. The first-order valence-electron chi connectivity index (χ1n) is 12.0. The van der Waals surface area contributed by atoms with Crippen molar-refractivity contribution >= 4 is 5.97 Å². The fourth-order valence-electron chi connectivity index (χ4n) is 4.40. The molecule has 2 nitrogen and oxygen atoms in total. The number of unbranched alkanes of at least 4 members (excludes halogenated alkanes) is 2. The summed E-state index contributed by atoms with van der Waals surface area (Å²) in [5, 5.41) is 0. The van der Waals surface area contributed by atoms with Gasteiger partial charge >= 0.3 is 5.97 Å².